The molecule has 4 N–H and O–H groups in total. The van der Waals surface area contributed by atoms with E-state index in [4.69, 9.17) is 0 Å². The Bertz CT molecular complexity index is 791. The van der Waals surface area contributed by atoms with E-state index >= 15 is 0 Å². The minimum atomic E-state index is -0.759. The maximum absolute atomic E-state index is 12.0. The van der Waals surface area contributed by atoms with Crippen LogP contribution in [0.5, 0.6) is 0 Å². The van der Waals surface area contributed by atoms with Crippen LogP contribution in [-0.2, 0) is 14.4 Å². The Hall–Kier alpha value is -3.19. The van der Waals surface area contributed by atoms with E-state index in [0.717, 1.165) is 5.56 Å². The molecule has 0 heterocycles. The van der Waals surface area contributed by atoms with Gasteiger partial charge >= 0.3 is 11.8 Å². The number of aliphatic hydroxyl groups is 1. The lowest BCUT2D eigenvalue weighted by molar-refractivity contribution is -0.136. The van der Waals surface area contributed by atoms with E-state index in [1.807, 2.05) is 30.3 Å². The normalized spacial score (nSPS) is 11.4. The minimum Gasteiger partial charge on any atom is -0.396 e. The highest BCUT2D eigenvalue weighted by atomic mass is 16.3. The van der Waals surface area contributed by atoms with E-state index in [9.17, 15) is 19.5 Å². The summed E-state index contributed by atoms with van der Waals surface area (Å²) in [6.07, 6.45) is 1.21. The lowest BCUT2D eigenvalue weighted by Gasteiger charge is -2.16. The first-order valence-electron chi connectivity index (χ1n) is 9.12. The summed E-state index contributed by atoms with van der Waals surface area (Å²) in [4.78, 5) is 35.0. The lowest BCUT2D eigenvalue weighted by Crippen LogP contribution is -2.36. The Balaban J connectivity index is 1.81. The molecule has 2 rings (SSSR count). The summed E-state index contributed by atoms with van der Waals surface area (Å²) in [5.74, 6) is -1.56. The fraction of sp³-hybridized carbons (Fsp3) is 0.286. The van der Waals surface area contributed by atoms with Gasteiger partial charge in [-0.3, -0.25) is 14.4 Å². The van der Waals surface area contributed by atoms with Crippen LogP contribution in [0.3, 0.4) is 0 Å². The van der Waals surface area contributed by atoms with Crippen molar-refractivity contribution in [1.82, 2.24) is 5.32 Å². The van der Waals surface area contributed by atoms with Gasteiger partial charge in [0, 0.05) is 31.5 Å². The smallest absolute Gasteiger partial charge is 0.313 e. The van der Waals surface area contributed by atoms with Gasteiger partial charge in [-0.15, -0.1) is 0 Å². The molecule has 28 heavy (non-hydrogen) atoms. The highest BCUT2D eigenvalue weighted by Crippen LogP contribution is 2.22. The second kappa shape index (κ2) is 10.8. The van der Waals surface area contributed by atoms with Crippen LogP contribution in [0.25, 0.3) is 0 Å². The second-order valence-electron chi connectivity index (χ2n) is 6.38. The molecule has 0 aliphatic carbocycles. The number of nitrogens with one attached hydrogen (secondary N) is 3. The predicted molar refractivity (Wildman–Crippen MR) is 108 cm³/mol. The van der Waals surface area contributed by atoms with Gasteiger partial charge in [-0.05, 0) is 48.6 Å². The third-order valence-corrected chi connectivity index (χ3v) is 4.20. The second-order valence-corrected chi connectivity index (χ2v) is 6.38. The van der Waals surface area contributed by atoms with Crippen molar-refractivity contribution in [3.63, 3.8) is 0 Å². The number of hydrogen-bond donors (Lipinski definition) is 4. The molecule has 148 valence electrons. The maximum atomic E-state index is 12.0. The van der Waals surface area contributed by atoms with Gasteiger partial charge in [-0.25, -0.2) is 0 Å². The molecule has 1 atom stereocenters. The zero-order chi connectivity index (χ0) is 20.4. The van der Waals surface area contributed by atoms with Crippen molar-refractivity contribution in [1.29, 1.82) is 0 Å². The number of amides is 3. The molecule has 0 aliphatic rings. The van der Waals surface area contributed by atoms with Crippen LogP contribution in [0.1, 0.15) is 31.2 Å². The molecule has 0 saturated carbocycles. The first-order chi connectivity index (χ1) is 13.5. The number of carbonyl (C=O) groups is 3. The van der Waals surface area contributed by atoms with Crippen LogP contribution in [0.2, 0.25) is 0 Å². The van der Waals surface area contributed by atoms with E-state index in [1.165, 1.54) is 6.92 Å². The monoisotopic (exact) mass is 383 g/mol. The van der Waals surface area contributed by atoms with Crippen LogP contribution >= 0.6 is 0 Å². The molecule has 3 amide bonds. The quantitative estimate of drug-likeness (QED) is 0.525. The summed E-state index contributed by atoms with van der Waals surface area (Å²) in [5.41, 5.74) is 2.15. The van der Waals surface area contributed by atoms with Crippen LogP contribution in [0.15, 0.2) is 54.6 Å². The van der Waals surface area contributed by atoms with Crippen molar-refractivity contribution < 1.29 is 19.5 Å². The molecule has 7 heteroatoms. The third-order valence-electron chi connectivity index (χ3n) is 4.20. The van der Waals surface area contributed by atoms with Crippen molar-refractivity contribution in [3.05, 3.63) is 60.2 Å². The Morgan fingerprint density at radius 1 is 0.857 bits per heavy atom. The van der Waals surface area contributed by atoms with E-state index in [-0.39, 0.29) is 18.4 Å². The Kier molecular flexibility index (Phi) is 8.17. The van der Waals surface area contributed by atoms with Crippen molar-refractivity contribution in [2.24, 2.45) is 0 Å². The number of rotatable bonds is 8. The van der Waals surface area contributed by atoms with Gasteiger partial charge in [0.05, 0.1) is 0 Å². The van der Waals surface area contributed by atoms with Gasteiger partial charge in [0.2, 0.25) is 5.91 Å². The highest BCUT2D eigenvalue weighted by molar-refractivity contribution is 6.39. The van der Waals surface area contributed by atoms with E-state index in [0.29, 0.717) is 30.8 Å². The SMILES string of the molecule is CC(=O)Nc1ccc(NC(=O)C(=O)NCCC(CCO)c2ccccc2)cc1. The highest BCUT2D eigenvalue weighted by Gasteiger charge is 2.15. The number of benzene rings is 2. The summed E-state index contributed by atoms with van der Waals surface area (Å²) >= 11 is 0. The number of hydrogen-bond acceptors (Lipinski definition) is 4. The molecule has 0 spiro atoms. The first-order valence-corrected chi connectivity index (χ1v) is 9.12. The number of carbonyl (C=O) groups excluding carboxylic acids is 3. The average Bonchev–Trinajstić information content (AvgIpc) is 2.69. The van der Waals surface area contributed by atoms with Crippen LogP contribution in [-0.4, -0.2) is 36.0 Å². The Morgan fingerprint density at radius 2 is 1.46 bits per heavy atom. The Labute approximate surface area is 164 Å². The largest absolute Gasteiger partial charge is 0.396 e. The van der Waals surface area contributed by atoms with Crippen LogP contribution in [0, 0.1) is 0 Å². The summed E-state index contributed by atoms with van der Waals surface area (Å²) in [6, 6.07) is 16.2. The molecular formula is C21H25N3O4. The summed E-state index contributed by atoms with van der Waals surface area (Å²) in [6.45, 7) is 1.79. The summed E-state index contributed by atoms with van der Waals surface area (Å²) in [5, 5.41) is 17.0. The topological polar surface area (TPSA) is 108 Å². The van der Waals surface area contributed by atoms with E-state index in [1.54, 1.807) is 24.3 Å². The average molecular weight is 383 g/mol. The van der Waals surface area contributed by atoms with E-state index in [2.05, 4.69) is 16.0 Å². The van der Waals surface area contributed by atoms with Gasteiger partial charge in [-0.2, -0.15) is 0 Å². The maximum Gasteiger partial charge on any atom is 0.313 e. The predicted octanol–water partition coefficient (Wildman–Crippen LogP) is 2.26. The molecule has 0 radical (unpaired) electrons. The summed E-state index contributed by atoms with van der Waals surface area (Å²) in [7, 11) is 0. The molecule has 2 aromatic rings. The van der Waals surface area contributed by atoms with Crippen molar-refractivity contribution in [2.45, 2.75) is 25.7 Å². The first kappa shape index (κ1) is 21.1. The summed E-state index contributed by atoms with van der Waals surface area (Å²) < 4.78 is 0. The number of anilines is 2. The standard InChI is InChI=1S/C21H25N3O4/c1-15(26)23-18-7-9-19(10-8-18)24-21(28)20(27)22-13-11-17(12-14-25)16-5-3-2-4-6-16/h2-10,17,25H,11-14H2,1H3,(H,22,27)(H,23,26)(H,24,28). The van der Waals surface area contributed by atoms with Crippen molar-refractivity contribution in [2.75, 3.05) is 23.8 Å². The van der Waals surface area contributed by atoms with Crippen molar-refractivity contribution >= 4 is 29.1 Å². The van der Waals surface area contributed by atoms with Gasteiger partial charge in [0.25, 0.3) is 0 Å². The molecule has 0 aromatic heterocycles. The zero-order valence-electron chi connectivity index (χ0n) is 15.8. The molecule has 1 unspecified atom stereocenters. The third kappa shape index (κ3) is 6.85. The van der Waals surface area contributed by atoms with E-state index < -0.39 is 11.8 Å². The van der Waals surface area contributed by atoms with Crippen LogP contribution in [0.4, 0.5) is 11.4 Å². The molecule has 0 saturated heterocycles. The lowest BCUT2D eigenvalue weighted by atomic mass is 9.93. The fourth-order valence-electron chi connectivity index (χ4n) is 2.83. The van der Waals surface area contributed by atoms with Gasteiger partial charge in [0.1, 0.15) is 0 Å². The van der Waals surface area contributed by atoms with Gasteiger partial charge in [0.15, 0.2) is 0 Å². The minimum absolute atomic E-state index is 0.0580. The van der Waals surface area contributed by atoms with Gasteiger partial charge in [-0.1, -0.05) is 30.3 Å². The molecule has 2 aromatic carbocycles. The molecule has 0 aliphatic heterocycles. The number of aliphatic hydroxyl groups excluding tert-OH is 1. The van der Waals surface area contributed by atoms with Crippen molar-refractivity contribution in [3.8, 4) is 0 Å². The zero-order valence-corrected chi connectivity index (χ0v) is 15.8. The molecule has 0 bridgehead atoms. The molecule has 7 nitrogen and oxygen atoms in total. The molecule has 0 fully saturated rings. The van der Waals surface area contributed by atoms with Crippen LogP contribution < -0.4 is 16.0 Å². The fourth-order valence-corrected chi connectivity index (χ4v) is 2.83. The molecular weight excluding hydrogens is 358 g/mol. The Morgan fingerprint density at radius 3 is 2.04 bits per heavy atom. The van der Waals surface area contributed by atoms with Gasteiger partial charge < -0.3 is 21.1 Å².